The highest BCUT2D eigenvalue weighted by atomic mass is 16.5. The van der Waals surface area contributed by atoms with Gasteiger partial charge in [0, 0.05) is 31.9 Å². The van der Waals surface area contributed by atoms with Crippen LogP contribution in [0.25, 0.3) is 0 Å². The van der Waals surface area contributed by atoms with Crippen LogP contribution in [0.5, 0.6) is 0 Å². The van der Waals surface area contributed by atoms with Crippen LogP contribution in [0.1, 0.15) is 18.4 Å². The van der Waals surface area contributed by atoms with Gasteiger partial charge in [-0.1, -0.05) is 18.2 Å². The number of para-hydroxylation sites is 1. The van der Waals surface area contributed by atoms with Crippen LogP contribution in [0.2, 0.25) is 0 Å². The highest BCUT2D eigenvalue weighted by Crippen LogP contribution is 2.31. The van der Waals surface area contributed by atoms with Crippen LogP contribution in [-0.4, -0.2) is 43.7 Å². The molecule has 1 amide bonds. The minimum atomic E-state index is 0.0577. The number of nitrogens with one attached hydrogen (secondary N) is 1. The fraction of sp³-hybridized carbons (Fsp3) is 0.562. The van der Waals surface area contributed by atoms with Crippen molar-refractivity contribution in [3.8, 4) is 0 Å². The van der Waals surface area contributed by atoms with Gasteiger partial charge in [0.15, 0.2) is 0 Å². The third-order valence-corrected chi connectivity index (χ3v) is 4.18. The van der Waals surface area contributed by atoms with Gasteiger partial charge in [-0.2, -0.15) is 0 Å². The lowest BCUT2D eigenvalue weighted by Gasteiger charge is -2.31. The Morgan fingerprint density at radius 1 is 1.40 bits per heavy atom. The fourth-order valence-electron chi connectivity index (χ4n) is 2.90. The molecule has 1 aliphatic carbocycles. The molecule has 1 aromatic carbocycles. The second-order valence-electron chi connectivity index (χ2n) is 5.69. The fourth-order valence-corrected chi connectivity index (χ4v) is 2.90. The van der Waals surface area contributed by atoms with Gasteiger partial charge in [0.2, 0.25) is 5.91 Å². The van der Waals surface area contributed by atoms with Crippen LogP contribution in [0.15, 0.2) is 24.3 Å². The van der Waals surface area contributed by atoms with Gasteiger partial charge in [0.1, 0.15) is 0 Å². The Kier molecular flexibility index (Phi) is 3.92. The normalized spacial score (nSPS) is 20.9. The highest BCUT2D eigenvalue weighted by molar-refractivity contribution is 5.81. The SMILES string of the molecule is COCCN(C(=O)C1CNc2ccccc2C1)C1CC1. The van der Waals surface area contributed by atoms with Crippen LogP contribution in [-0.2, 0) is 16.0 Å². The molecule has 0 bridgehead atoms. The van der Waals surface area contributed by atoms with E-state index >= 15 is 0 Å². The Labute approximate surface area is 120 Å². The number of nitrogens with zero attached hydrogens (tertiary/aromatic N) is 1. The molecule has 1 fully saturated rings. The summed E-state index contributed by atoms with van der Waals surface area (Å²) in [6.07, 6.45) is 3.14. The lowest BCUT2D eigenvalue weighted by Crippen LogP contribution is -2.44. The van der Waals surface area contributed by atoms with Crippen molar-refractivity contribution in [3.05, 3.63) is 29.8 Å². The number of rotatable bonds is 5. The summed E-state index contributed by atoms with van der Waals surface area (Å²) in [5, 5.41) is 3.39. The van der Waals surface area contributed by atoms with Crippen LogP contribution in [0.4, 0.5) is 5.69 Å². The summed E-state index contributed by atoms with van der Waals surface area (Å²) < 4.78 is 5.13. The first-order valence-corrected chi connectivity index (χ1v) is 7.41. The van der Waals surface area contributed by atoms with Gasteiger partial charge in [-0.3, -0.25) is 4.79 Å². The molecule has 1 heterocycles. The number of hydrogen-bond acceptors (Lipinski definition) is 3. The van der Waals surface area contributed by atoms with Gasteiger partial charge in [-0.15, -0.1) is 0 Å². The van der Waals surface area contributed by atoms with Crippen LogP contribution in [0, 0.1) is 5.92 Å². The molecule has 1 N–H and O–H groups in total. The van der Waals surface area contributed by atoms with Crippen LogP contribution in [0.3, 0.4) is 0 Å². The number of amides is 1. The molecule has 0 aromatic heterocycles. The number of anilines is 1. The zero-order chi connectivity index (χ0) is 13.9. The van der Waals surface area contributed by atoms with Crippen molar-refractivity contribution in [2.45, 2.75) is 25.3 Å². The predicted octanol–water partition coefficient (Wildman–Crippen LogP) is 1.91. The zero-order valence-corrected chi connectivity index (χ0v) is 12.0. The molecule has 3 rings (SSSR count). The van der Waals surface area contributed by atoms with E-state index in [-0.39, 0.29) is 11.8 Å². The average Bonchev–Trinajstić information content (AvgIpc) is 3.32. The summed E-state index contributed by atoms with van der Waals surface area (Å²) in [7, 11) is 1.69. The van der Waals surface area contributed by atoms with Crippen molar-refractivity contribution >= 4 is 11.6 Å². The van der Waals surface area contributed by atoms with E-state index in [1.165, 1.54) is 11.3 Å². The molecular formula is C16H22N2O2. The number of methoxy groups -OCH3 is 1. The van der Waals surface area contributed by atoms with Crippen molar-refractivity contribution in [1.29, 1.82) is 0 Å². The van der Waals surface area contributed by atoms with Crippen LogP contribution < -0.4 is 5.32 Å². The van der Waals surface area contributed by atoms with Gasteiger partial charge < -0.3 is 15.0 Å². The minimum absolute atomic E-state index is 0.0577. The predicted molar refractivity (Wildman–Crippen MR) is 78.7 cm³/mol. The molecule has 1 unspecified atom stereocenters. The van der Waals surface area contributed by atoms with E-state index in [4.69, 9.17) is 4.74 Å². The number of benzene rings is 1. The molecule has 108 valence electrons. The second-order valence-corrected chi connectivity index (χ2v) is 5.69. The monoisotopic (exact) mass is 274 g/mol. The average molecular weight is 274 g/mol. The molecule has 2 aliphatic rings. The Bertz CT molecular complexity index is 485. The molecule has 0 spiro atoms. The van der Waals surface area contributed by atoms with E-state index in [0.717, 1.165) is 32.4 Å². The van der Waals surface area contributed by atoms with Gasteiger partial charge in [0.25, 0.3) is 0 Å². The molecule has 1 atom stereocenters. The van der Waals surface area contributed by atoms with Gasteiger partial charge in [0.05, 0.1) is 12.5 Å². The Balaban J connectivity index is 1.68. The molecule has 1 aliphatic heterocycles. The molecule has 4 nitrogen and oxygen atoms in total. The Hall–Kier alpha value is -1.55. The van der Waals surface area contributed by atoms with Crippen molar-refractivity contribution in [2.75, 3.05) is 32.1 Å². The van der Waals surface area contributed by atoms with E-state index in [0.29, 0.717) is 12.6 Å². The van der Waals surface area contributed by atoms with Gasteiger partial charge >= 0.3 is 0 Å². The summed E-state index contributed by atoms with van der Waals surface area (Å²) in [5.41, 5.74) is 2.42. The Morgan fingerprint density at radius 3 is 2.95 bits per heavy atom. The molecular weight excluding hydrogens is 252 g/mol. The van der Waals surface area contributed by atoms with Crippen molar-refractivity contribution in [1.82, 2.24) is 4.90 Å². The highest BCUT2D eigenvalue weighted by Gasteiger charge is 2.36. The van der Waals surface area contributed by atoms with E-state index in [1.807, 2.05) is 17.0 Å². The Morgan fingerprint density at radius 2 is 2.20 bits per heavy atom. The van der Waals surface area contributed by atoms with E-state index in [9.17, 15) is 4.79 Å². The van der Waals surface area contributed by atoms with Gasteiger partial charge in [-0.25, -0.2) is 0 Å². The third-order valence-electron chi connectivity index (χ3n) is 4.18. The molecule has 4 heteroatoms. The lowest BCUT2D eigenvalue weighted by molar-refractivity contribution is -0.136. The smallest absolute Gasteiger partial charge is 0.228 e. The number of hydrogen-bond donors (Lipinski definition) is 1. The first-order chi connectivity index (χ1) is 9.79. The molecule has 1 saturated carbocycles. The second kappa shape index (κ2) is 5.83. The van der Waals surface area contributed by atoms with Crippen molar-refractivity contribution in [2.24, 2.45) is 5.92 Å². The first kappa shape index (κ1) is 13.4. The van der Waals surface area contributed by atoms with Crippen molar-refractivity contribution in [3.63, 3.8) is 0 Å². The minimum Gasteiger partial charge on any atom is -0.384 e. The molecule has 0 radical (unpaired) electrons. The number of ether oxygens (including phenoxy) is 1. The standard InChI is InChI=1S/C16H22N2O2/c1-20-9-8-18(14-6-7-14)16(19)13-10-12-4-2-3-5-15(12)17-11-13/h2-5,13-14,17H,6-11H2,1H3. The topological polar surface area (TPSA) is 41.6 Å². The summed E-state index contributed by atoms with van der Waals surface area (Å²) in [4.78, 5) is 14.8. The van der Waals surface area contributed by atoms with E-state index < -0.39 is 0 Å². The largest absolute Gasteiger partial charge is 0.384 e. The first-order valence-electron chi connectivity index (χ1n) is 7.41. The van der Waals surface area contributed by atoms with Crippen LogP contribution >= 0.6 is 0 Å². The summed E-state index contributed by atoms with van der Waals surface area (Å²) in [5.74, 6) is 0.342. The summed E-state index contributed by atoms with van der Waals surface area (Å²) >= 11 is 0. The summed E-state index contributed by atoms with van der Waals surface area (Å²) in [6, 6.07) is 8.72. The zero-order valence-electron chi connectivity index (χ0n) is 12.0. The quantitative estimate of drug-likeness (QED) is 0.892. The lowest BCUT2D eigenvalue weighted by atomic mass is 9.93. The maximum Gasteiger partial charge on any atom is 0.228 e. The number of carbonyl (C=O) groups excluding carboxylic acids is 1. The summed E-state index contributed by atoms with van der Waals surface area (Å²) in [6.45, 7) is 2.09. The van der Waals surface area contributed by atoms with Gasteiger partial charge in [-0.05, 0) is 30.9 Å². The van der Waals surface area contributed by atoms with E-state index in [2.05, 4.69) is 17.4 Å². The maximum absolute atomic E-state index is 12.7. The van der Waals surface area contributed by atoms with Crippen molar-refractivity contribution < 1.29 is 9.53 Å². The number of carbonyl (C=O) groups is 1. The third kappa shape index (κ3) is 2.80. The molecule has 0 saturated heterocycles. The molecule has 20 heavy (non-hydrogen) atoms. The molecule has 1 aromatic rings. The maximum atomic E-state index is 12.7. The van der Waals surface area contributed by atoms with E-state index in [1.54, 1.807) is 7.11 Å². The number of fused-ring (bicyclic) bond motifs is 1.